The number of pyridine rings is 1. The van der Waals surface area contributed by atoms with Crippen LogP contribution >= 0.6 is 11.3 Å². The van der Waals surface area contributed by atoms with Crippen molar-refractivity contribution in [1.82, 2.24) is 9.88 Å². The summed E-state index contributed by atoms with van der Waals surface area (Å²) in [6.07, 6.45) is -2.05. The third-order valence-electron chi connectivity index (χ3n) is 5.83. The average Bonchev–Trinajstić information content (AvgIpc) is 3.43. The first-order chi connectivity index (χ1) is 17.5. The molecule has 4 aromatic rings. The fraction of sp³-hybridized carbons (Fsp3) is 0.154. The highest BCUT2D eigenvalue weighted by atomic mass is 32.2. The van der Waals surface area contributed by atoms with Crippen LogP contribution in [0.25, 0.3) is 20.9 Å². The Hall–Kier alpha value is -3.70. The zero-order valence-corrected chi connectivity index (χ0v) is 21.0. The van der Waals surface area contributed by atoms with Crippen LogP contribution in [0.5, 0.6) is 5.75 Å². The van der Waals surface area contributed by atoms with Crippen LogP contribution < -0.4 is 4.74 Å². The van der Waals surface area contributed by atoms with E-state index in [-0.39, 0.29) is 5.91 Å². The van der Waals surface area contributed by atoms with Gasteiger partial charge in [0.2, 0.25) is 0 Å². The number of para-hydroxylation sites is 1. The Labute approximate surface area is 214 Å². The van der Waals surface area contributed by atoms with Crippen LogP contribution in [0.15, 0.2) is 78.0 Å². The van der Waals surface area contributed by atoms with Crippen LogP contribution in [0, 0.1) is 0 Å². The van der Waals surface area contributed by atoms with Crippen molar-refractivity contribution in [2.45, 2.75) is 23.6 Å². The van der Waals surface area contributed by atoms with Gasteiger partial charge in [-0.05, 0) is 59.2 Å². The van der Waals surface area contributed by atoms with Crippen molar-refractivity contribution >= 4 is 27.1 Å². The molecule has 0 aliphatic carbocycles. The molecule has 2 aromatic heterocycles. The Morgan fingerprint density at radius 1 is 1.00 bits per heavy atom. The molecule has 0 saturated carbocycles. The number of hydrogen-bond donors (Lipinski definition) is 0. The van der Waals surface area contributed by atoms with E-state index in [9.17, 15) is 26.4 Å². The highest BCUT2D eigenvalue weighted by molar-refractivity contribution is 7.90. The Bertz CT molecular complexity index is 1610. The summed E-state index contributed by atoms with van der Waals surface area (Å²) in [6, 6.07) is 15.9. The van der Waals surface area contributed by atoms with Gasteiger partial charge in [-0.1, -0.05) is 18.2 Å². The number of rotatable bonds is 6. The van der Waals surface area contributed by atoms with Gasteiger partial charge in [0, 0.05) is 46.9 Å². The highest BCUT2D eigenvalue weighted by Crippen LogP contribution is 2.37. The molecule has 0 fully saturated rings. The van der Waals surface area contributed by atoms with Gasteiger partial charge in [0.1, 0.15) is 10.6 Å². The predicted molar refractivity (Wildman–Crippen MR) is 133 cm³/mol. The smallest absolute Gasteiger partial charge is 0.404 e. The number of benzene rings is 2. The maximum atomic E-state index is 13.0. The van der Waals surface area contributed by atoms with Gasteiger partial charge in [0.15, 0.2) is 9.84 Å². The molecule has 0 bridgehead atoms. The monoisotopic (exact) mass is 544 g/mol. The van der Waals surface area contributed by atoms with Crippen molar-refractivity contribution in [3.05, 3.63) is 89.7 Å². The van der Waals surface area contributed by atoms with Crippen LogP contribution in [0.2, 0.25) is 0 Å². The first kappa shape index (κ1) is 25.0. The molecule has 11 heteroatoms. The van der Waals surface area contributed by atoms with Gasteiger partial charge in [-0.25, -0.2) is 8.42 Å². The normalized spacial score (nSPS) is 13.6. The number of halogens is 3. The van der Waals surface area contributed by atoms with Crippen molar-refractivity contribution in [3.63, 3.8) is 0 Å². The summed E-state index contributed by atoms with van der Waals surface area (Å²) in [5.74, 6) is -1.32. The summed E-state index contributed by atoms with van der Waals surface area (Å²) in [6.45, 7) is 0.553. The van der Waals surface area contributed by atoms with Gasteiger partial charge < -0.3 is 9.64 Å². The molecule has 6 nitrogen and oxygen atoms in total. The molecule has 37 heavy (non-hydrogen) atoms. The van der Waals surface area contributed by atoms with Crippen LogP contribution in [-0.2, 0) is 22.1 Å². The Balaban J connectivity index is 1.40. The van der Waals surface area contributed by atoms with E-state index in [4.69, 9.17) is 0 Å². The van der Waals surface area contributed by atoms with Gasteiger partial charge in [0.25, 0.3) is 5.91 Å². The van der Waals surface area contributed by atoms with E-state index in [1.54, 1.807) is 24.2 Å². The second kappa shape index (κ2) is 9.31. The number of nitrogens with zero attached hydrogens (tertiary/aromatic N) is 2. The minimum atomic E-state index is -5.02. The van der Waals surface area contributed by atoms with E-state index in [1.165, 1.54) is 29.7 Å². The topological polar surface area (TPSA) is 76.6 Å². The molecular weight excluding hydrogens is 525 g/mol. The van der Waals surface area contributed by atoms with Gasteiger partial charge in [-0.15, -0.1) is 24.5 Å². The highest BCUT2D eigenvalue weighted by Gasteiger charge is 2.34. The minimum Gasteiger partial charge on any atom is -0.404 e. The zero-order chi connectivity index (χ0) is 26.4. The SMILES string of the molecule is CN1Cc2cc(-c3ccc(-c4cncc(CS(=O)(=O)c5ccccc5OC(F)(F)F)c4)s3)ccc2C1=O. The fourth-order valence-corrected chi connectivity index (χ4v) is 6.62. The summed E-state index contributed by atoms with van der Waals surface area (Å²) in [7, 11) is -2.40. The molecule has 0 unspecified atom stereocenters. The zero-order valence-electron chi connectivity index (χ0n) is 19.3. The first-order valence-corrected chi connectivity index (χ1v) is 13.5. The second-order valence-corrected chi connectivity index (χ2v) is 11.6. The van der Waals surface area contributed by atoms with E-state index in [0.29, 0.717) is 23.2 Å². The van der Waals surface area contributed by atoms with Gasteiger partial charge in [0.05, 0.1) is 5.75 Å². The molecule has 2 aromatic carbocycles. The summed E-state index contributed by atoms with van der Waals surface area (Å²) < 4.78 is 68.2. The number of fused-ring (bicyclic) bond motifs is 1. The molecule has 190 valence electrons. The molecule has 0 N–H and O–H groups in total. The number of hydrogen-bond acceptors (Lipinski definition) is 6. The third kappa shape index (κ3) is 5.23. The van der Waals surface area contributed by atoms with Crippen LogP contribution in [-0.4, -0.2) is 37.6 Å². The molecule has 1 aliphatic heterocycles. The quantitative estimate of drug-likeness (QED) is 0.301. The molecule has 0 saturated heterocycles. The number of amides is 1. The lowest BCUT2D eigenvalue weighted by molar-refractivity contribution is -0.275. The van der Waals surface area contributed by atoms with Crippen molar-refractivity contribution in [3.8, 4) is 26.6 Å². The minimum absolute atomic E-state index is 0.00106. The second-order valence-electron chi connectivity index (χ2n) is 8.53. The molecule has 5 rings (SSSR count). The van der Waals surface area contributed by atoms with E-state index in [0.717, 1.165) is 33.0 Å². The lowest BCUT2D eigenvalue weighted by Crippen LogP contribution is -2.19. The summed E-state index contributed by atoms with van der Waals surface area (Å²) in [4.78, 5) is 19.2. The molecule has 1 amide bonds. The molecule has 3 heterocycles. The number of alkyl halides is 3. The molecule has 0 atom stereocenters. The predicted octanol–water partition coefficient (Wildman–Crippen LogP) is 5.94. The molecule has 0 radical (unpaired) electrons. The Morgan fingerprint density at radius 3 is 2.49 bits per heavy atom. The van der Waals surface area contributed by atoms with E-state index in [2.05, 4.69) is 9.72 Å². The Kier molecular flexibility index (Phi) is 6.28. The number of thiophene rings is 1. The van der Waals surface area contributed by atoms with Crippen LogP contribution in [0.3, 0.4) is 0 Å². The van der Waals surface area contributed by atoms with Crippen molar-refractivity contribution in [1.29, 1.82) is 0 Å². The number of ether oxygens (including phenoxy) is 1. The lowest BCUT2D eigenvalue weighted by Gasteiger charge is -2.13. The van der Waals surface area contributed by atoms with E-state index >= 15 is 0 Å². The lowest BCUT2D eigenvalue weighted by atomic mass is 10.1. The van der Waals surface area contributed by atoms with Crippen molar-refractivity contribution in [2.24, 2.45) is 0 Å². The van der Waals surface area contributed by atoms with E-state index < -0.39 is 32.6 Å². The van der Waals surface area contributed by atoms with Crippen LogP contribution in [0.1, 0.15) is 21.5 Å². The van der Waals surface area contributed by atoms with Gasteiger partial charge in [-0.2, -0.15) is 0 Å². The molecular formula is C26H19F3N2O4S2. The van der Waals surface area contributed by atoms with Crippen molar-refractivity contribution < 1.29 is 31.1 Å². The van der Waals surface area contributed by atoms with E-state index in [1.807, 2.05) is 30.3 Å². The van der Waals surface area contributed by atoms with Gasteiger partial charge >= 0.3 is 6.36 Å². The summed E-state index contributed by atoms with van der Waals surface area (Å²) >= 11 is 1.49. The third-order valence-corrected chi connectivity index (χ3v) is 8.73. The number of carbonyl (C=O) groups is 1. The van der Waals surface area contributed by atoms with Crippen LogP contribution in [0.4, 0.5) is 13.2 Å². The fourth-order valence-electron chi connectivity index (χ4n) is 4.18. The largest absolute Gasteiger partial charge is 0.573 e. The number of carbonyl (C=O) groups excluding carboxylic acids is 1. The van der Waals surface area contributed by atoms with Crippen molar-refractivity contribution in [2.75, 3.05) is 7.05 Å². The Morgan fingerprint density at radius 2 is 1.73 bits per heavy atom. The summed E-state index contributed by atoms with van der Waals surface area (Å²) in [5.41, 5.74) is 3.63. The molecule has 1 aliphatic rings. The maximum absolute atomic E-state index is 13.0. The maximum Gasteiger partial charge on any atom is 0.573 e. The number of aromatic nitrogens is 1. The average molecular weight is 545 g/mol. The van der Waals surface area contributed by atoms with Gasteiger partial charge in [-0.3, -0.25) is 9.78 Å². The molecule has 0 spiro atoms. The summed E-state index contributed by atoms with van der Waals surface area (Å²) in [5, 5.41) is 0. The standard InChI is InChI=1S/C26H19F3N2O4S2/c1-31-14-19-11-17(6-7-20(19)25(31)32)22-8-9-23(36-22)18-10-16(12-30-13-18)15-37(33,34)24-5-3-2-4-21(24)35-26(27,28)29/h2-13H,14-15H2,1H3. The first-order valence-electron chi connectivity index (χ1n) is 11.0. The number of sulfone groups is 1.